The van der Waals surface area contributed by atoms with E-state index in [4.69, 9.17) is 9.31 Å². The lowest BCUT2D eigenvalue weighted by Gasteiger charge is -2.32. The molecule has 3 nitrogen and oxygen atoms in total. The van der Waals surface area contributed by atoms with Gasteiger partial charge in [0.25, 0.3) is 0 Å². The van der Waals surface area contributed by atoms with Gasteiger partial charge >= 0.3 is 7.12 Å². The highest BCUT2D eigenvalue weighted by Gasteiger charge is 2.51. The van der Waals surface area contributed by atoms with Crippen molar-refractivity contribution in [1.82, 2.24) is 4.90 Å². The molecule has 0 bridgehead atoms. The number of hydrogen-bond acceptors (Lipinski definition) is 3. The first-order chi connectivity index (χ1) is 11.7. The van der Waals surface area contributed by atoms with Crippen LogP contribution in [0.2, 0.25) is 0 Å². The number of benzene rings is 1. The van der Waals surface area contributed by atoms with Crippen LogP contribution in [-0.2, 0) is 9.31 Å². The minimum Gasteiger partial charge on any atom is -0.399 e. The lowest BCUT2D eigenvalue weighted by molar-refractivity contribution is 0.00578. The van der Waals surface area contributed by atoms with Crippen molar-refractivity contribution in [2.75, 3.05) is 19.6 Å². The van der Waals surface area contributed by atoms with Crippen molar-refractivity contribution < 1.29 is 13.7 Å². The fraction of sp³-hybridized carbons (Fsp3) is 0.700. The van der Waals surface area contributed by atoms with Crippen LogP contribution in [0.5, 0.6) is 0 Å². The van der Waals surface area contributed by atoms with Gasteiger partial charge in [-0.15, -0.1) is 0 Å². The number of likely N-dealkylation sites (tertiary alicyclic amines) is 1. The minimum atomic E-state index is -0.740. The summed E-state index contributed by atoms with van der Waals surface area (Å²) in [6, 6.07) is 8.68. The molecular weight excluding hydrogens is 316 g/mol. The van der Waals surface area contributed by atoms with Crippen LogP contribution in [0, 0.1) is 0 Å². The molecule has 1 aromatic carbocycles. The molecule has 0 aromatic heterocycles. The Morgan fingerprint density at radius 1 is 1.08 bits per heavy atom. The Hall–Kier alpha value is -0.905. The normalized spacial score (nSPS) is 25.3. The second-order valence-electron chi connectivity index (χ2n) is 8.61. The van der Waals surface area contributed by atoms with Gasteiger partial charge in [-0.2, -0.15) is 0 Å². The first-order valence-corrected chi connectivity index (χ1v) is 9.50. The van der Waals surface area contributed by atoms with Crippen molar-refractivity contribution in [3.05, 3.63) is 29.8 Å². The smallest absolute Gasteiger partial charge is 0.399 e. The predicted octanol–water partition coefficient (Wildman–Crippen LogP) is 3.52. The molecule has 0 radical (unpaired) electrons. The van der Waals surface area contributed by atoms with Crippen LogP contribution in [-0.4, -0.2) is 49.0 Å². The first kappa shape index (κ1) is 18.9. The SMILES string of the molecule is CC(F)CN1CCC(c2ccc(B3OC(C)(C)C(C)(C)O3)cc2)CC1. The zero-order valence-corrected chi connectivity index (χ0v) is 16.2. The molecule has 2 fully saturated rings. The average Bonchev–Trinajstić information content (AvgIpc) is 2.76. The molecule has 0 aliphatic carbocycles. The maximum atomic E-state index is 13.1. The van der Waals surface area contributed by atoms with E-state index < -0.39 is 6.17 Å². The molecule has 3 rings (SSSR count). The Morgan fingerprint density at radius 2 is 1.60 bits per heavy atom. The van der Waals surface area contributed by atoms with Crippen LogP contribution in [0.1, 0.15) is 58.9 Å². The van der Waals surface area contributed by atoms with Gasteiger partial charge in [0, 0.05) is 6.54 Å². The second-order valence-corrected chi connectivity index (χ2v) is 8.61. The number of piperidine rings is 1. The Morgan fingerprint density at radius 3 is 2.08 bits per heavy atom. The summed E-state index contributed by atoms with van der Waals surface area (Å²) in [6.45, 7) is 12.5. The molecule has 0 N–H and O–H groups in total. The van der Waals surface area contributed by atoms with Crippen LogP contribution in [0.15, 0.2) is 24.3 Å². The third kappa shape index (κ3) is 4.10. The zero-order valence-electron chi connectivity index (χ0n) is 16.2. The molecule has 2 aliphatic heterocycles. The molecule has 1 aromatic rings. The summed E-state index contributed by atoms with van der Waals surface area (Å²) < 4.78 is 25.4. The van der Waals surface area contributed by atoms with Gasteiger partial charge in [0.1, 0.15) is 6.17 Å². The Labute approximate surface area is 152 Å². The summed E-state index contributed by atoms with van der Waals surface area (Å²) in [7, 11) is -0.299. The van der Waals surface area contributed by atoms with E-state index >= 15 is 0 Å². The second kappa shape index (κ2) is 7.01. The monoisotopic (exact) mass is 347 g/mol. The molecule has 25 heavy (non-hydrogen) atoms. The van der Waals surface area contributed by atoms with Gasteiger partial charge in [0.15, 0.2) is 0 Å². The summed E-state index contributed by atoms with van der Waals surface area (Å²) in [4.78, 5) is 2.24. The third-order valence-corrected chi connectivity index (χ3v) is 6.03. The first-order valence-electron chi connectivity index (χ1n) is 9.50. The number of halogens is 1. The fourth-order valence-corrected chi connectivity index (χ4v) is 3.71. The topological polar surface area (TPSA) is 21.7 Å². The maximum Gasteiger partial charge on any atom is 0.494 e. The van der Waals surface area contributed by atoms with E-state index in [1.165, 1.54) is 5.56 Å². The van der Waals surface area contributed by atoms with Crippen LogP contribution < -0.4 is 5.46 Å². The fourth-order valence-electron chi connectivity index (χ4n) is 3.71. The largest absolute Gasteiger partial charge is 0.494 e. The van der Waals surface area contributed by atoms with Gasteiger partial charge in [-0.25, -0.2) is 4.39 Å². The van der Waals surface area contributed by atoms with E-state index in [1.807, 2.05) is 0 Å². The summed E-state index contributed by atoms with van der Waals surface area (Å²) in [5.74, 6) is 0.568. The molecule has 5 heteroatoms. The molecule has 0 amide bonds. The molecule has 2 saturated heterocycles. The van der Waals surface area contributed by atoms with Crippen molar-refractivity contribution in [2.24, 2.45) is 0 Å². The Bertz CT molecular complexity index is 564. The Balaban J connectivity index is 1.60. The highest BCUT2D eigenvalue weighted by atomic mass is 19.1. The third-order valence-electron chi connectivity index (χ3n) is 6.03. The van der Waals surface area contributed by atoms with Crippen LogP contribution >= 0.6 is 0 Å². The van der Waals surface area contributed by atoms with Crippen molar-refractivity contribution in [2.45, 2.75) is 70.8 Å². The number of alkyl halides is 1. The van der Waals surface area contributed by atoms with E-state index in [0.717, 1.165) is 31.4 Å². The van der Waals surface area contributed by atoms with Gasteiger partial charge < -0.3 is 14.2 Å². The van der Waals surface area contributed by atoms with Crippen molar-refractivity contribution in [3.8, 4) is 0 Å². The van der Waals surface area contributed by atoms with Crippen LogP contribution in [0.3, 0.4) is 0 Å². The molecule has 2 heterocycles. The molecule has 138 valence electrons. The highest BCUT2D eigenvalue weighted by molar-refractivity contribution is 6.62. The van der Waals surface area contributed by atoms with E-state index in [-0.39, 0.29) is 18.3 Å². The molecule has 0 spiro atoms. The van der Waals surface area contributed by atoms with Crippen LogP contribution in [0.25, 0.3) is 0 Å². The molecular formula is C20H31BFNO2. The standard InChI is InChI=1S/C20H31BFNO2/c1-15(22)14-23-12-10-17(11-13-23)16-6-8-18(9-7-16)21-24-19(2,3)20(4,5)25-21/h6-9,15,17H,10-14H2,1-5H3. The van der Waals surface area contributed by atoms with Gasteiger partial charge in [-0.1, -0.05) is 24.3 Å². The lowest BCUT2D eigenvalue weighted by atomic mass is 9.77. The van der Waals surface area contributed by atoms with Gasteiger partial charge in [-0.3, -0.25) is 0 Å². The van der Waals surface area contributed by atoms with Gasteiger partial charge in [0.2, 0.25) is 0 Å². The summed E-state index contributed by atoms with van der Waals surface area (Å²) in [6.07, 6.45) is 1.46. The Kier molecular flexibility index (Phi) is 5.29. The molecule has 0 saturated carbocycles. The lowest BCUT2D eigenvalue weighted by Crippen LogP contribution is -2.41. The van der Waals surface area contributed by atoms with E-state index in [2.05, 4.69) is 56.9 Å². The van der Waals surface area contributed by atoms with Crippen LogP contribution in [0.4, 0.5) is 4.39 Å². The molecule has 2 aliphatic rings. The number of nitrogens with zero attached hydrogens (tertiary/aromatic N) is 1. The van der Waals surface area contributed by atoms with Crippen molar-refractivity contribution >= 4 is 12.6 Å². The quantitative estimate of drug-likeness (QED) is 0.778. The minimum absolute atomic E-state index is 0.299. The average molecular weight is 347 g/mol. The highest BCUT2D eigenvalue weighted by Crippen LogP contribution is 2.36. The van der Waals surface area contributed by atoms with Gasteiger partial charge in [0.05, 0.1) is 11.2 Å². The van der Waals surface area contributed by atoms with Gasteiger partial charge in [-0.05, 0) is 77.5 Å². The molecule has 1 unspecified atom stereocenters. The maximum absolute atomic E-state index is 13.1. The number of rotatable bonds is 4. The van der Waals surface area contributed by atoms with Crippen molar-refractivity contribution in [1.29, 1.82) is 0 Å². The van der Waals surface area contributed by atoms with E-state index in [1.54, 1.807) is 6.92 Å². The predicted molar refractivity (Wildman–Crippen MR) is 101 cm³/mol. The molecule has 1 atom stereocenters. The summed E-state index contributed by atoms with van der Waals surface area (Å²) >= 11 is 0. The number of hydrogen-bond donors (Lipinski definition) is 0. The van der Waals surface area contributed by atoms with E-state index in [9.17, 15) is 4.39 Å². The summed E-state index contributed by atoms with van der Waals surface area (Å²) in [5.41, 5.74) is 1.83. The summed E-state index contributed by atoms with van der Waals surface area (Å²) in [5, 5.41) is 0. The van der Waals surface area contributed by atoms with Crippen molar-refractivity contribution in [3.63, 3.8) is 0 Å². The zero-order chi connectivity index (χ0) is 18.2. The van der Waals surface area contributed by atoms with E-state index in [0.29, 0.717) is 12.5 Å².